The van der Waals surface area contributed by atoms with Crippen LogP contribution in [0, 0.1) is 33.6 Å². The first-order valence-electron chi connectivity index (χ1n) is 37.0. The number of para-hydroxylation sites is 2. The van der Waals surface area contributed by atoms with E-state index in [2.05, 4.69) is 98.5 Å². The van der Waals surface area contributed by atoms with Gasteiger partial charge in [0.1, 0.15) is 16.9 Å². The number of nitrogens with two attached hydrogens (primary N) is 2. The van der Waals surface area contributed by atoms with E-state index in [1.807, 2.05) is 131 Å². The summed E-state index contributed by atoms with van der Waals surface area (Å²) >= 11 is 31.3. The van der Waals surface area contributed by atoms with E-state index in [1.165, 1.54) is 23.3 Å². The number of hydrogen-bond donors (Lipinski definition) is 9. The number of aromatic amines is 2. The maximum absolute atomic E-state index is 12.8. The molecule has 4 heterocycles. The Morgan fingerprint density at radius 3 is 1.50 bits per heavy atom. The van der Waals surface area contributed by atoms with E-state index in [-0.39, 0.29) is 41.5 Å². The average Bonchev–Trinajstić information content (AvgIpc) is 1.58. The van der Waals surface area contributed by atoms with Gasteiger partial charge in [0.05, 0.1) is 29.3 Å². The number of carbonyl (C=O) groups excluding carboxylic acids is 3. The predicted molar refractivity (Wildman–Crippen MR) is 467 cm³/mol. The number of anilines is 5. The zero-order chi connectivity index (χ0) is 83.3. The molecule has 7 aromatic carbocycles. The molecule has 23 nitrogen and oxygen atoms in total. The van der Waals surface area contributed by atoms with Crippen molar-refractivity contribution in [3.8, 4) is 22.5 Å². The summed E-state index contributed by atoms with van der Waals surface area (Å²) in [5, 5.41) is 29.9. The van der Waals surface area contributed by atoms with Crippen LogP contribution >= 0.6 is 73.7 Å². The first kappa shape index (κ1) is 93.1. The molecule has 16 rings (SSSR count). The Morgan fingerprint density at radius 1 is 0.543 bits per heavy atom. The van der Waals surface area contributed by atoms with E-state index in [1.54, 1.807) is 43.3 Å². The average molecular weight is 1710 g/mol. The van der Waals surface area contributed by atoms with Gasteiger partial charge < -0.3 is 47.0 Å². The Bertz CT molecular complexity index is 5260. The number of carboxylic acids is 1. The molecule has 11 aromatic rings. The molecule has 31 heteroatoms. The first-order valence-corrected chi connectivity index (χ1v) is 42.6. The molecular weight excluding hydrogens is 1620 g/mol. The smallest absolute Gasteiger partial charge is 0.478 e. The lowest BCUT2D eigenvalue weighted by atomic mass is 9.81. The molecular formula is C85H92BCl6N12O11P. The molecule has 11 N–H and O–H groups in total. The fraction of sp³-hybridized carbons (Fsp3) is 0.271. The lowest BCUT2D eigenvalue weighted by Gasteiger charge is -2.13. The van der Waals surface area contributed by atoms with Crippen LogP contribution in [-0.2, 0) is 70.3 Å². The molecule has 608 valence electrons. The molecule has 0 bridgehead atoms. The number of nitrogen functional groups attached to an aromatic ring is 2. The van der Waals surface area contributed by atoms with Gasteiger partial charge in [-0.25, -0.2) is 39.5 Å². The molecule has 0 radical (unpaired) electrons. The number of amides is 1. The van der Waals surface area contributed by atoms with Gasteiger partial charge in [-0.2, -0.15) is 0 Å². The van der Waals surface area contributed by atoms with Crippen molar-refractivity contribution in [2.75, 3.05) is 28.7 Å². The Morgan fingerprint density at radius 2 is 1.01 bits per heavy atom. The minimum Gasteiger partial charge on any atom is -0.478 e. The van der Waals surface area contributed by atoms with Crippen LogP contribution in [0.2, 0.25) is 15.7 Å². The van der Waals surface area contributed by atoms with Crippen LogP contribution < -0.4 is 38.8 Å². The zero-order valence-electron chi connectivity index (χ0n) is 63.9. The Kier molecular flexibility index (Phi) is 36.9. The van der Waals surface area contributed by atoms with Gasteiger partial charge >= 0.3 is 29.9 Å². The summed E-state index contributed by atoms with van der Waals surface area (Å²) in [6, 6.07) is 54.6. The SMILES string of the molecule is C.CCOC(=O)C1CCCC1=O.Cc1cccc(C)c1N.Cc1cccc(C)c1NC(=O)c1ccc(Nc2nc3c(c(-c4ccccc4)n2)CCC3)cc1.Clc1nc(Cl)c2c(n1)CCC2.Clc1nc2c(c(-c3ccccc3)n1)CCC2.Nc1ccc(C(=O)O)cc1.O=P(Cl)(Cl)Cl.O=c1[nH]c2c(c(=O)[nH]1)CCC2.OB(O)c1ccccc1. The van der Waals surface area contributed by atoms with Gasteiger partial charge in [0.2, 0.25) is 16.5 Å². The van der Waals surface area contributed by atoms with Gasteiger partial charge in [-0.15, -0.1) is 0 Å². The minimum atomic E-state index is -3.22. The number of H-pyrrole nitrogens is 2. The number of Topliss-reactive ketones (excluding diaryl/α,β-unsaturated/α-hetero) is 1. The highest BCUT2D eigenvalue weighted by molar-refractivity contribution is 8.24. The number of hydrogen-bond acceptors (Lipinski definition) is 19. The number of nitrogens with zero attached hydrogens (tertiary/aromatic N) is 6. The second-order valence-corrected chi connectivity index (χ2v) is 34.5. The fourth-order valence-corrected chi connectivity index (χ4v) is 13.5. The van der Waals surface area contributed by atoms with Crippen LogP contribution in [0.15, 0.2) is 186 Å². The summed E-state index contributed by atoms with van der Waals surface area (Å²) in [5.74, 6) is -1.21. The van der Waals surface area contributed by atoms with E-state index in [9.17, 15) is 33.3 Å². The fourth-order valence-electron chi connectivity index (χ4n) is 12.8. The normalized spacial score (nSPS) is 13.2. The third kappa shape index (κ3) is 29.0. The predicted octanol–water partition coefficient (Wildman–Crippen LogP) is 17.9. The van der Waals surface area contributed by atoms with Crippen molar-refractivity contribution < 1.29 is 43.6 Å². The van der Waals surface area contributed by atoms with Crippen LogP contribution in [0.25, 0.3) is 22.5 Å². The second-order valence-electron chi connectivity index (χ2n) is 26.8. The number of fused-ring (bicyclic) bond motifs is 4. The lowest BCUT2D eigenvalue weighted by Crippen LogP contribution is -2.29. The van der Waals surface area contributed by atoms with Crippen LogP contribution in [0.5, 0.6) is 0 Å². The molecule has 0 saturated heterocycles. The lowest BCUT2D eigenvalue weighted by molar-refractivity contribution is -0.150. The topological polar surface area (TPSA) is 374 Å². The summed E-state index contributed by atoms with van der Waals surface area (Å²) in [5.41, 5.74) is 32.1. The summed E-state index contributed by atoms with van der Waals surface area (Å²) in [4.78, 5) is 97.9. The maximum Gasteiger partial charge on any atom is 0.488 e. The van der Waals surface area contributed by atoms with Crippen LogP contribution in [0.4, 0.5) is 28.7 Å². The molecule has 0 spiro atoms. The molecule has 5 aliphatic carbocycles. The summed E-state index contributed by atoms with van der Waals surface area (Å²) in [6.07, 6.45) is 14.1. The number of halogens is 6. The first-order chi connectivity index (χ1) is 54.9. The zero-order valence-corrected chi connectivity index (χ0v) is 69.3. The molecule has 4 aromatic heterocycles. The van der Waals surface area contributed by atoms with Crippen molar-refractivity contribution in [1.29, 1.82) is 0 Å². The molecule has 1 atom stereocenters. The van der Waals surface area contributed by atoms with Crippen molar-refractivity contribution in [2.24, 2.45) is 5.92 Å². The standard InChI is InChI=1S/C28H26N4O.C13H11ClN2.C8H11N.C8H12O3.C7H6Cl2N2.C7H8N2O2.C7H7NO2.C6H7BO2.CH4.Cl3OP/c1-18-8-6-9-19(2)25(18)31-27(33)21-14-16-22(17-15-21)29-28-30-24-13-7-12-23(24)26(32-28)20-10-4-3-5-11-20;14-13-15-11-8-4-7-10(11)12(16-13)9-5-2-1-3-6-9;1-6-4-3-5-7(2)8(6)9;1-2-11-8(10)6-4-3-5-7(6)9;8-6-4-2-1-3-5(4)10-7(9)11-6;10-6-4-2-1-3-5(4)8-7(11)9-6;8-6-3-1-5(2-4-6)7(9)10;8-7(9)6-4-2-1-3-5-6;;1-5(2,3)4/h3-6,8-11,14-17H,7,12-13H2,1-2H3,(H,31,33)(H,29,30,32);1-3,5-6H,4,7-8H2;3-5H,9H2,1-2H3;6H,2-5H2,1H3;1-3H2;1-3H2,(H2,8,9,10,11);1-4H,8H2,(H,9,10);1-5,8-9H;1H4;. The number of aromatic nitrogens is 8. The van der Waals surface area contributed by atoms with Gasteiger partial charge in [0.15, 0.2) is 0 Å². The van der Waals surface area contributed by atoms with Crippen molar-refractivity contribution in [1.82, 2.24) is 39.9 Å². The summed E-state index contributed by atoms with van der Waals surface area (Å²) < 4.78 is 14.2. The van der Waals surface area contributed by atoms with E-state index in [0.29, 0.717) is 52.5 Å². The largest absolute Gasteiger partial charge is 0.488 e. The molecule has 1 amide bonds. The Hall–Kier alpha value is -10.1. The quantitative estimate of drug-likeness (QED) is 0.0117. The number of rotatable bonds is 10. The highest BCUT2D eigenvalue weighted by atomic mass is 36.0. The van der Waals surface area contributed by atoms with Crippen LogP contribution in [0.1, 0.15) is 147 Å². The number of esters is 1. The Labute approximate surface area is 703 Å². The van der Waals surface area contributed by atoms with Gasteiger partial charge in [-0.1, -0.05) is 146 Å². The van der Waals surface area contributed by atoms with Crippen molar-refractivity contribution >= 4 is 139 Å². The number of nitrogens with one attached hydrogen (secondary N) is 4. The number of aromatic carboxylic acids is 1. The number of benzene rings is 7. The minimum absolute atomic E-state index is 0. The van der Waals surface area contributed by atoms with Crippen molar-refractivity contribution in [3.05, 3.63) is 291 Å². The monoisotopic (exact) mass is 1710 g/mol. The maximum atomic E-state index is 12.8. The molecule has 1 fully saturated rings. The van der Waals surface area contributed by atoms with Crippen molar-refractivity contribution in [2.45, 2.75) is 138 Å². The van der Waals surface area contributed by atoms with E-state index >= 15 is 0 Å². The van der Waals surface area contributed by atoms with Gasteiger partial charge in [0, 0.05) is 85.2 Å². The van der Waals surface area contributed by atoms with Gasteiger partial charge in [-0.05, 0) is 258 Å². The Balaban J connectivity index is 0.000000192. The number of ether oxygens (including phenoxy) is 1. The number of carboxylic acid groups (broad SMARTS) is 1. The highest BCUT2D eigenvalue weighted by Gasteiger charge is 2.32. The molecule has 1 unspecified atom stereocenters. The highest BCUT2D eigenvalue weighted by Crippen LogP contribution is 2.61. The van der Waals surface area contributed by atoms with E-state index < -0.39 is 29.9 Å². The summed E-state index contributed by atoms with van der Waals surface area (Å²) in [7, 11) is -1.34. The third-order valence-electron chi connectivity index (χ3n) is 18.6. The molecule has 116 heavy (non-hydrogen) atoms. The number of aryl methyl sites for hydroxylation is 8. The second kappa shape index (κ2) is 46.0. The molecule has 0 aliphatic heterocycles. The summed E-state index contributed by atoms with van der Waals surface area (Å²) in [6.45, 7) is 10.1. The third-order valence-corrected chi connectivity index (χ3v) is 19.2. The van der Waals surface area contributed by atoms with Gasteiger partial charge in [-0.3, -0.25) is 28.7 Å². The van der Waals surface area contributed by atoms with Crippen LogP contribution in [0.3, 0.4) is 0 Å². The van der Waals surface area contributed by atoms with E-state index in [4.69, 9.17) is 76.1 Å². The number of carbonyl (C=O) groups is 4. The van der Waals surface area contributed by atoms with Crippen LogP contribution in [-0.4, -0.2) is 92.4 Å². The van der Waals surface area contributed by atoms with Crippen molar-refractivity contribution in [3.63, 3.8) is 0 Å². The molecule has 1 saturated carbocycles. The van der Waals surface area contributed by atoms with E-state index in [0.717, 1.165) is 179 Å². The number of ketones is 1. The molecule has 5 aliphatic rings. The van der Waals surface area contributed by atoms with Gasteiger partial charge in [0.25, 0.3) is 11.5 Å².